The smallest absolute Gasteiger partial charge is 0.252 e. The largest absolute Gasteiger partial charge is 0.507 e. The number of pyridine rings is 1. The van der Waals surface area contributed by atoms with E-state index in [1.165, 1.54) is 6.20 Å². The molecule has 1 heterocycles. The van der Waals surface area contributed by atoms with Crippen molar-refractivity contribution in [2.45, 2.75) is 0 Å². The van der Waals surface area contributed by atoms with Gasteiger partial charge in [0.05, 0.1) is 5.56 Å². The summed E-state index contributed by atoms with van der Waals surface area (Å²) < 4.78 is 0. The maximum absolute atomic E-state index is 12.3. The van der Waals surface area contributed by atoms with Crippen molar-refractivity contribution < 1.29 is 19.8 Å². The van der Waals surface area contributed by atoms with Crippen LogP contribution in [0.15, 0.2) is 42.6 Å². The SMILES string of the molecule is O=C1C(=O)c2c(c(O)c3ccccc3c2O)-c2cccnc21. The van der Waals surface area contributed by atoms with Crippen LogP contribution in [0.5, 0.6) is 11.5 Å². The summed E-state index contributed by atoms with van der Waals surface area (Å²) in [5.41, 5.74) is 0.330. The van der Waals surface area contributed by atoms with Crippen LogP contribution in [0.25, 0.3) is 21.9 Å². The summed E-state index contributed by atoms with van der Waals surface area (Å²) >= 11 is 0. The van der Waals surface area contributed by atoms with E-state index < -0.39 is 11.6 Å². The molecule has 0 bridgehead atoms. The normalized spacial score (nSPS) is 13.1. The maximum atomic E-state index is 12.3. The molecule has 0 amide bonds. The van der Waals surface area contributed by atoms with Crippen molar-refractivity contribution in [2.75, 3.05) is 0 Å². The molecular formula is C17H9NO4. The molecule has 1 aromatic heterocycles. The predicted octanol–water partition coefficient (Wildman–Crippen LogP) is 2.69. The van der Waals surface area contributed by atoms with Gasteiger partial charge in [0.1, 0.15) is 17.2 Å². The lowest BCUT2D eigenvalue weighted by atomic mass is 9.83. The summed E-state index contributed by atoms with van der Waals surface area (Å²) in [6.45, 7) is 0. The fourth-order valence-electron chi connectivity index (χ4n) is 2.89. The fraction of sp³-hybridized carbons (Fsp3) is 0. The van der Waals surface area contributed by atoms with Gasteiger partial charge < -0.3 is 10.2 Å². The molecule has 5 heteroatoms. The number of hydrogen-bond acceptors (Lipinski definition) is 5. The number of phenolic OH excluding ortho intramolecular Hbond substituents is 2. The molecule has 1 aliphatic carbocycles. The van der Waals surface area contributed by atoms with Crippen molar-refractivity contribution in [2.24, 2.45) is 0 Å². The van der Waals surface area contributed by atoms with E-state index in [-0.39, 0.29) is 28.3 Å². The van der Waals surface area contributed by atoms with Gasteiger partial charge >= 0.3 is 0 Å². The highest BCUT2D eigenvalue weighted by molar-refractivity contribution is 6.53. The third kappa shape index (κ3) is 1.39. The number of Topliss-reactive ketones (excluding diaryl/α,β-unsaturated/α-hetero) is 2. The van der Waals surface area contributed by atoms with Gasteiger partial charge in [-0.3, -0.25) is 14.6 Å². The van der Waals surface area contributed by atoms with Gasteiger partial charge in [-0.2, -0.15) is 0 Å². The Kier molecular flexibility index (Phi) is 2.36. The summed E-state index contributed by atoms with van der Waals surface area (Å²) in [4.78, 5) is 28.4. The van der Waals surface area contributed by atoms with Gasteiger partial charge in [-0.1, -0.05) is 30.3 Å². The van der Waals surface area contributed by atoms with Gasteiger partial charge in [0, 0.05) is 28.1 Å². The van der Waals surface area contributed by atoms with Gasteiger partial charge in [-0.25, -0.2) is 0 Å². The number of nitrogens with zero attached hydrogens (tertiary/aromatic N) is 1. The highest BCUT2D eigenvalue weighted by Gasteiger charge is 2.36. The van der Waals surface area contributed by atoms with Crippen LogP contribution in [0.1, 0.15) is 20.8 Å². The third-order valence-corrected chi connectivity index (χ3v) is 3.89. The van der Waals surface area contributed by atoms with E-state index in [1.807, 2.05) is 0 Å². The molecule has 2 N–H and O–H groups in total. The summed E-state index contributed by atoms with van der Waals surface area (Å²) in [7, 11) is 0. The molecule has 5 nitrogen and oxygen atoms in total. The molecule has 22 heavy (non-hydrogen) atoms. The quantitative estimate of drug-likeness (QED) is 0.491. The fourth-order valence-corrected chi connectivity index (χ4v) is 2.89. The van der Waals surface area contributed by atoms with Crippen molar-refractivity contribution in [3.05, 3.63) is 53.9 Å². The zero-order chi connectivity index (χ0) is 15.4. The molecule has 0 unspecified atom stereocenters. The molecular weight excluding hydrogens is 282 g/mol. The number of benzene rings is 2. The van der Waals surface area contributed by atoms with Crippen molar-refractivity contribution >= 4 is 22.3 Å². The van der Waals surface area contributed by atoms with Crippen LogP contribution in [-0.2, 0) is 0 Å². The predicted molar refractivity (Wildman–Crippen MR) is 79.2 cm³/mol. The number of aromatic hydroxyl groups is 2. The first kappa shape index (κ1) is 12.5. The number of rotatable bonds is 0. The monoisotopic (exact) mass is 291 g/mol. The summed E-state index contributed by atoms with van der Waals surface area (Å²) in [6.07, 6.45) is 1.41. The van der Waals surface area contributed by atoms with E-state index >= 15 is 0 Å². The molecule has 106 valence electrons. The highest BCUT2D eigenvalue weighted by Crippen LogP contribution is 2.47. The Bertz CT molecular complexity index is 991. The number of aromatic nitrogens is 1. The lowest BCUT2D eigenvalue weighted by Gasteiger charge is -2.20. The number of phenols is 2. The Morgan fingerprint density at radius 2 is 1.41 bits per heavy atom. The number of hydrogen-bond donors (Lipinski definition) is 2. The van der Waals surface area contributed by atoms with E-state index in [9.17, 15) is 19.8 Å². The first-order valence-corrected chi connectivity index (χ1v) is 6.62. The van der Waals surface area contributed by atoms with Crippen molar-refractivity contribution in [1.82, 2.24) is 4.98 Å². The van der Waals surface area contributed by atoms with E-state index in [4.69, 9.17) is 0 Å². The molecule has 0 radical (unpaired) electrons. The molecule has 0 spiro atoms. The number of carbonyl (C=O) groups is 2. The standard InChI is InChI=1S/C17H9NO4/c19-14-8-4-1-2-5-9(8)15(20)12-11(14)10-6-3-7-18-13(10)17(22)16(12)21/h1-7,19-20H. The number of ketones is 2. The van der Waals surface area contributed by atoms with Gasteiger partial charge in [-0.05, 0) is 6.07 Å². The molecule has 1 aliphatic rings. The first-order chi connectivity index (χ1) is 10.6. The van der Waals surface area contributed by atoms with Crippen LogP contribution in [0.4, 0.5) is 0 Å². The molecule has 0 fully saturated rings. The minimum Gasteiger partial charge on any atom is -0.507 e. The maximum Gasteiger partial charge on any atom is 0.252 e. The zero-order valence-electron chi connectivity index (χ0n) is 11.2. The van der Waals surface area contributed by atoms with Crippen LogP contribution in [0.2, 0.25) is 0 Å². The average molecular weight is 291 g/mol. The zero-order valence-corrected chi connectivity index (χ0v) is 11.2. The highest BCUT2D eigenvalue weighted by atomic mass is 16.3. The Labute approximate surface area is 124 Å². The van der Waals surface area contributed by atoms with Crippen molar-refractivity contribution in [3.63, 3.8) is 0 Å². The van der Waals surface area contributed by atoms with Crippen molar-refractivity contribution in [3.8, 4) is 22.6 Å². The van der Waals surface area contributed by atoms with Crippen LogP contribution in [-0.4, -0.2) is 26.8 Å². The Hall–Kier alpha value is -3.21. The summed E-state index contributed by atoms with van der Waals surface area (Å²) in [6, 6.07) is 9.83. The van der Waals surface area contributed by atoms with Crippen LogP contribution >= 0.6 is 0 Å². The topological polar surface area (TPSA) is 87.5 Å². The second-order valence-electron chi connectivity index (χ2n) is 5.05. The first-order valence-electron chi connectivity index (χ1n) is 6.62. The summed E-state index contributed by atoms with van der Waals surface area (Å²) in [5, 5.41) is 21.7. The third-order valence-electron chi connectivity index (χ3n) is 3.89. The lowest BCUT2D eigenvalue weighted by Crippen LogP contribution is -2.22. The molecule has 2 aromatic carbocycles. The Morgan fingerprint density at radius 1 is 0.773 bits per heavy atom. The molecule has 0 saturated heterocycles. The molecule has 0 atom stereocenters. The van der Waals surface area contributed by atoms with Crippen LogP contribution < -0.4 is 0 Å². The number of fused-ring (bicyclic) bond motifs is 4. The van der Waals surface area contributed by atoms with Crippen LogP contribution in [0.3, 0.4) is 0 Å². The molecule has 0 saturated carbocycles. The van der Waals surface area contributed by atoms with E-state index in [1.54, 1.807) is 36.4 Å². The van der Waals surface area contributed by atoms with Gasteiger partial charge in [0.25, 0.3) is 5.78 Å². The van der Waals surface area contributed by atoms with Gasteiger partial charge in [-0.15, -0.1) is 0 Å². The molecule has 3 aromatic rings. The van der Waals surface area contributed by atoms with E-state index in [0.29, 0.717) is 16.3 Å². The minimum atomic E-state index is -0.861. The summed E-state index contributed by atoms with van der Waals surface area (Å²) in [5.74, 6) is -2.08. The molecule has 4 rings (SSSR count). The lowest BCUT2D eigenvalue weighted by molar-refractivity contribution is 0.0810. The van der Waals surface area contributed by atoms with Gasteiger partial charge in [0.15, 0.2) is 0 Å². The second-order valence-corrected chi connectivity index (χ2v) is 5.05. The second kappa shape index (κ2) is 4.14. The van der Waals surface area contributed by atoms with Crippen molar-refractivity contribution in [1.29, 1.82) is 0 Å². The van der Waals surface area contributed by atoms with E-state index in [0.717, 1.165) is 0 Å². The van der Waals surface area contributed by atoms with Crippen LogP contribution in [0, 0.1) is 0 Å². The number of carbonyl (C=O) groups excluding carboxylic acids is 2. The Morgan fingerprint density at radius 3 is 2.09 bits per heavy atom. The average Bonchev–Trinajstić information content (AvgIpc) is 2.56. The molecule has 0 aliphatic heterocycles. The van der Waals surface area contributed by atoms with E-state index in [2.05, 4.69) is 4.98 Å². The van der Waals surface area contributed by atoms with Gasteiger partial charge in [0.2, 0.25) is 5.78 Å². The Balaban J connectivity index is 2.27. The minimum absolute atomic E-state index is 0.00928.